The fourth-order valence-corrected chi connectivity index (χ4v) is 3.08. The summed E-state index contributed by atoms with van der Waals surface area (Å²) in [6.07, 6.45) is 0. The summed E-state index contributed by atoms with van der Waals surface area (Å²) in [7, 11) is 0. The van der Waals surface area contributed by atoms with Crippen LogP contribution in [0.3, 0.4) is 0 Å². The lowest BCUT2D eigenvalue weighted by Crippen LogP contribution is -2.10. The van der Waals surface area contributed by atoms with Gasteiger partial charge in [0.05, 0.1) is 27.0 Å². The number of aryl methyl sites for hydroxylation is 1. The number of nitrogens with two attached hydrogens (primary N) is 1. The Balaban J connectivity index is 1.83. The molecule has 0 aliphatic rings. The topological polar surface area (TPSA) is 161 Å². The van der Waals surface area contributed by atoms with Crippen molar-refractivity contribution in [1.29, 1.82) is 0 Å². The van der Waals surface area contributed by atoms with Gasteiger partial charge in [-0.3, -0.25) is 10.1 Å². The molecule has 0 aliphatic carbocycles. The highest BCUT2D eigenvalue weighted by Gasteiger charge is 2.24. The van der Waals surface area contributed by atoms with Gasteiger partial charge >= 0.3 is 11.9 Å². The van der Waals surface area contributed by atoms with Gasteiger partial charge in [0.25, 0.3) is 5.69 Å². The third-order valence-corrected chi connectivity index (χ3v) is 4.66. The van der Waals surface area contributed by atoms with E-state index in [1.54, 1.807) is 13.8 Å². The first kappa shape index (κ1) is 21.2. The maximum atomic E-state index is 12.2. The number of fused-ring (bicyclic) bond motifs is 1. The van der Waals surface area contributed by atoms with Crippen molar-refractivity contribution in [3.8, 4) is 0 Å². The largest absolute Gasteiger partial charge is 0.462 e. The molecule has 0 radical (unpaired) electrons. The van der Waals surface area contributed by atoms with E-state index in [0.29, 0.717) is 0 Å². The van der Waals surface area contributed by atoms with Gasteiger partial charge < -0.3 is 19.6 Å². The number of hydrogen-bond acceptors (Lipinski definition) is 10. The van der Waals surface area contributed by atoms with Crippen molar-refractivity contribution < 1.29 is 28.4 Å². The Morgan fingerprint density at radius 2 is 2.00 bits per heavy atom. The average molecular weight is 479 g/mol. The molecule has 0 saturated heterocycles. The molecule has 3 aromatic rings. The van der Waals surface area contributed by atoms with Crippen LogP contribution in [-0.2, 0) is 16.1 Å². The zero-order valence-corrected chi connectivity index (χ0v) is 17.4. The number of carbonyl (C=O) groups is 2. The standard InChI is InChI=1S/C18H15BrN4O7/c1-3-28-18(25)13-8(2)30-16-14(13)15(20)21-12(22-16)7-29-17(24)9-4-5-10(19)11(6-9)23(26)27/h4-6H,3,7H2,1-2H3,(H2,20,21,22). The van der Waals surface area contributed by atoms with Crippen molar-refractivity contribution in [2.45, 2.75) is 20.5 Å². The summed E-state index contributed by atoms with van der Waals surface area (Å²) in [5, 5.41) is 11.2. The van der Waals surface area contributed by atoms with E-state index in [4.69, 9.17) is 19.6 Å². The number of nitro groups is 1. The van der Waals surface area contributed by atoms with Gasteiger partial charge in [0.1, 0.15) is 17.1 Å². The molecule has 12 heteroatoms. The minimum atomic E-state index is -0.810. The van der Waals surface area contributed by atoms with Crippen molar-refractivity contribution in [2.24, 2.45) is 0 Å². The van der Waals surface area contributed by atoms with Gasteiger partial charge in [-0.15, -0.1) is 0 Å². The van der Waals surface area contributed by atoms with E-state index in [2.05, 4.69) is 25.9 Å². The third-order valence-electron chi connectivity index (χ3n) is 3.99. The molecular formula is C18H15BrN4O7. The molecule has 0 fully saturated rings. The fourth-order valence-electron chi connectivity index (χ4n) is 2.69. The first-order valence-electron chi connectivity index (χ1n) is 8.56. The zero-order valence-electron chi connectivity index (χ0n) is 15.8. The van der Waals surface area contributed by atoms with Crippen LogP contribution in [0, 0.1) is 17.0 Å². The van der Waals surface area contributed by atoms with Crippen molar-refractivity contribution >= 4 is 50.5 Å². The van der Waals surface area contributed by atoms with E-state index >= 15 is 0 Å². The number of halogens is 1. The van der Waals surface area contributed by atoms with Crippen LogP contribution >= 0.6 is 15.9 Å². The maximum absolute atomic E-state index is 12.2. The highest BCUT2D eigenvalue weighted by atomic mass is 79.9. The smallest absolute Gasteiger partial charge is 0.342 e. The number of nitrogen functional groups attached to an aromatic ring is 1. The average Bonchev–Trinajstić information content (AvgIpc) is 3.02. The molecule has 0 bridgehead atoms. The molecule has 156 valence electrons. The molecule has 0 unspecified atom stereocenters. The second-order valence-electron chi connectivity index (χ2n) is 5.96. The first-order valence-corrected chi connectivity index (χ1v) is 9.35. The Kier molecular flexibility index (Phi) is 5.96. The van der Waals surface area contributed by atoms with Crippen LogP contribution in [0.2, 0.25) is 0 Å². The van der Waals surface area contributed by atoms with Gasteiger partial charge in [-0.2, -0.15) is 4.98 Å². The molecule has 2 N–H and O–H groups in total. The summed E-state index contributed by atoms with van der Waals surface area (Å²) in [5.41, 5.74) is 5.85. The van der Waals surface area contributed by atoms with Crippen molar-refractivity contribution in [2.75, 3.05) is 12.3 Å². The number of ether oxygens (including phenoxy) is 2. The summed E-state index contributed by atoms with van der Waals surface area (Å²) < 4.78 is 15.8. The highest BCUT2D eigenvalue weighted by molar-refractivity contribution is 9.10. The first-order chi connectivity index (χ1) is 14.2. The molecule has 11 nitrogen and oxygen atoms in total. The van der Waals surface area contributed by atoms with Gasteiger partial charge in [-0.05, 0) is 41.9 Å². The number of hydrogen-bond donors (Lipinski definition) is 1. The summed E-state index contributed by atoms with van der Waals surface area (Å²) in [6, 6.07) is 3.84. The van der Waals surface area contributed by atoms with Crippen LogP contribution in [0.25, 0.3) is 11.1 Å². The van der Waals surface area contributed by atoms with E-state index in [9.17, 15) is 19.7 Å². The number of nitro benzene ring substituents is 1. The van der Waals surface area contributed by atoms with Crippen LogP contribution in [0.5, 0.6) is 0 Å². The number of anilines is 1. The molecule has 0 saturated carbocycles. The van der Waals surface area contributed by atoms with Gasteiger partial charge in [0, 0.05) is 6.07 Å². The van der Waals surface area contributed by atoms with Crippen LogP contribution in [0.4, 0.5) is 11.5 Å². The van der Waals surface area contributed by atoms with E-state index in [-0.39, 0.29) is 63.0 Å². The van der Waals surface area contributed by atoms with E-state index in [0.717, 1.165) is 6.07 Å². The third kappa shape index (κ3) is 4.08. The van der Waals surface area contributed by atoms with Crippen LogP contribution < -0.4 is 5.73 Å². The quantitative estimate of drug-likeness (QED) is 0.315. The summed E-state index contributed by atoms with van der Waals surface area (Å²) in [6.45, 7) is 3.04. The Hall–Kier alpha value is -3.54. The van der Waals surface area contributed by atoms with Gasteiger partial charge in [0.15, 0.2) is 12.4 Å². The monoisotopic (exact) mass is 478 g/mol. The van der Waals surface area contributed by atoms with Crippen LogP contribution in [-0.4, -0.2) is 33.4 Å². The second-order valence-corrected chi connectivity index (χ2v) is 6.81. The molecule has 2 heterocycles. The maximum Gasteiger partial charge on any atom is 0.342 e. The highest BCUT2D eigenvalue weighted by Crippen LogP contribution is 2.29. The van der Waals surface area contributed by atoms with E-state index < -0.39 is 16.9 Å². The minimum Gasteiger partial charge on any atom is -0.462 e. The van der Waals surface area contributed by atoms with Crippen molar-refractivity contribution in [1.82, 2.24) is 9.97 Å². The number of furan rings is 1. The van der Waals surface area contributed by atoms with E-state index in [1.165, 1.54) is 12.1 Å². The number of rotatable bonds is 6. The molecular weight excluding hydrogens is 464 g/mol. The molecule has 0 amide bonds. The predicted octanol–water partition coefficient (Wildman–Crippen LogP) is 3.32. The minimum absolute atomic E-state index is 0.0163. The molecule has 0 atom stereocenters. The second kappa shape index (κ2) is 8.45. The fraction of sp³-hybridized carbons (Fsp3) is 0.222. The summed E-state index contributed by atoms with van der Waals surface area (Å²) in [4.78, 5) is 42.9. The van der Waals surface area contributed by atoms with Crippen molar-refractivity contribution in [3.05, 3.63) is 55.5 Å². The lowest BCUT2D eigenvalue weighted by molar-refractivity contribution is -0.385. The Labute approximate surface area is 177 Å². The normalized spacial score (nSPS) is 10.8. The molecule has 3 rings (SSSR count). The van der Waals surface area contributed by atoms with Crippen molar-refractivity contribution in [3.63, 3.8) is 0 Å². The number of carbonyl (C=O) groups excluding carboxylic acids is 2. The SMILES string of the molecule is CCOC(=O)c1c(C)oc2nc(COC(=O)c3ccc(Br)c([N+](=O)[O-])c3)nc(N)c12. The number of aromatic nitrogens is 2. The molecule has 1 aromatic carbocycles. The van der Waals surface area contributed by atoms with Gasteiger partial charge in [-0.1, -0.05) is 0 Å². The predicted molar refractivity (Wildman–Crippen MR) is 107 cm³/mol. The van der Waals surface area contributed by atoms with E-state index in [1.807, 2.05) is 0 Å². The summed E-state index contributed by atoms with van der Waals surface area (Å²) in [5.74, 6) is -1.16. The number of nitrogens with zero attached hydrogens (tertiary/aromatic N) is 3. The lowest BCUT2D eigenvalue weighted by Gasteiger charge is -2.06. The Morgan fingerprint density at radius 3 is 2.67 bits per heavy atom. The molecule has 0 aliphatic heterocycles. The number of benzene rings is 1. The number of esters is 2. The lowest BCUT2D eigenvalue weighted by atomic mass is 10.2. The molecule has 2 aromatic heterocycles. The molecule has 0 spiro atoms. The van der Waals surface area contributed by atoms with Crippen LogP contribution in [0.15, 0.2) is 27.1 Å². The molecule has 30 heavy (non-hydrogen) atoms. The Bertz CT molecular complexity index is 1180. The Morgan fingerprint density at radius 1 is 1.27 bits per heavy atom. The van der Waals surface area contributed by atoms with Gasteiger partial charge in [0.2, 0.25) is 5.71 Å². The van der Waals surface area contributed by atoms with Gasteiger partial charge in [-0.25, -0.2) is 14.6 Å². The zero-order chi connectivity index (χ0) is 22.0. The summed E-state index contributed by atoms with van der Waals surface area (Å²) >= 11 is 3.04. The van der Waals surface area contributed by atoms with Crippen LogP contribution in [0.1, 0.15) is 39.2 Å².